The van der Waals surface area contributed by atoms with Crippen molar-refractivity contribution in [3.63, 3.8) is 0 Å². The summed E-state index contributed by atoms with van der Waals surface area (Å²) in [5, 5.41) is 4.09. The zero-order chi connectivity index (χ0) is 24.3. The van der Waals surface area contributed by atoms with Crippen LogP contribution in [0.25, 0.3) is 0 Å². The van der Waals surface area contributed by atoms with Gasteiger partial charge in [-0.3, -0.25) is 4.79 Å². The summed E-state index contributed by atoms with van der Waals surface area (Å²) < 4.78 is 19.3. The lowest BCUT2D eigenvalue weighted by atomic mass is 10.2. The minimum absolute atomic E-state index is 0.306. The molecule has 0 fully saturated rings. The quantitative estimate of drug-likeness (QED) is 0.147. The molecule has 0 heterocycles. The maximum absolute atomic E-state index is 12.4. The summed E-state index contributed by atoms with van der Waals surface area (Å²) in [5.74, 6) is 1.64. The van der Waals surface area contributed by atoms with Gasteiger partial charge in [0.2, 0.25) is 0 Å². The maximum Gasteiger partial charge on any atom is 0.271 e. The molecule has 0 unspecified atom stereocenters. The van der Waals surface area contributed by atoms with Crippen molar-refractivity contribution in [1.29, 1.82) is 0 Å². The van der Waals surface area contributed by atoms with Gasteiger partial charge in [0.05, 0.1) is 23.9 Å². The van der Waals surface area contributed by atoms with Crippen LogP contribution in [0.15, 0.2) is 70.2 Å². The summed E-state index contributed by atoms with van der Waals surface area (Å²) in [6.07, 6.45) is 2.49. The SMILES string of the molecule is CCCOc1ccc(C(=O)N/N=C\c2cc(Br)c(OCc3ccc(I)cc3)c(OCC)c2)cc1. The number of nitrogens with one attached hydrogen (secondary N) is 1. The first-order valence-corrected chi connectivity index (χ1v) is 12.8. The molecule has 0 aliphatic carbocycles. The summed E-state index contributed by atoms with van der Waals surface area (Å²) in [6.45, 7) is 5.51. The molecule has 0 aromatic heterocycles. The molecule has 3 aromatic rings. The average molecular weight is 637 g/mol. The highest BCUT2D eigenvalue weighted by Crippen LogP contribution is 2.37. The van der Waals surface area contributed by atoms with Crippen LogP contribution in [0.5, 0.6) is 17.2 Å². The number of amides is 1. The number of carbonyl (C=O) groups is 1. The number of nitrogens with zero attached hydrogens (tertiary/aromatic N) is 1. The van der Waals surface area contributed by atoms with Gasteiger partial charge in [0.25, 0.3) is 5.91 Å². The maximum atomic E-state index is 12.4. The molecule has 0 saturated heterocycles. The minimum atomic E-state index is -0.306. The van der Waals surface area contributed by atoms with E-state index in [2.05, 4.69) is 49.0 Å². The van der Waals surface area contributed by atoms with Gasteiger partial charge in [0.1, 0.15) is 12.4 Å². The van der Waals surface area contributed by atoms with Crippen LogP contribution in [0.4, 0.5) is 0 Å². The second kappa shape index (κ2) is 13.3. The van der Waals surface area contributed by atoms with Crippen LogP contribution >= 0.6 is 38.5 Å². The second-order valence-corrected chi connectivity index (χ2v) is 9.35. The number of ether oxygens (including phenoxy) is 3. The monoisotopic (exact) mass is 636 g/mol. The minimum Gasteiger partial charge on any atom is -0.494 e. The van der Waals surface area contributed by atoms with Crippen molar-refractivity contribution in [2.24, 2.45) is 5.10 Å². The van der Waals surface area contributed by atoms with E-state index in [1.54, 1.807) is 30.5 Å². The van der Waals surface area contributed by atoms with Crippen molar-refractivity contribution in [1.82, 2.24) is 5.43 Å². The zero-order valence-electron chi connectivity index (χ0n) is 19.0. The summed E-state index contributed by atoms with van der Waals surface area (Å²) >= 11 is 5.84. The van der Waals surface area contributed by atoms with E-state index >= 15 is 0 Å². The van der Waals surface area contributed by atoms with Crippen LogP contribution < -0.4 is 19.6 Å². The normalized spacial score (nSPS) is 10.8. The average Bonchev–Trinajstić information content (AvgIpc) is 2.84. The van der Waals surface area contributed by atoms with Crippen molar-refractivity contribution in [3.8, 4) is 17.2 Å². The number of halogens is 2. The standard InChI is InChI=1S/C26H26BrIN2O4/c1-3-13-33-22-11-7-20(8-12-22)26(31)30-29-16-19-14-23(27)25(24(15-19)32-4-2)34-17-18-5-9-21(28)10-6-18/h5-12,14-16H,3-4,13,17H2,1-2H3,(H,30,31)/b29-16-. The Labute approximate surface area is 222 Å². The summed E-state index contributed by atoms with van der Waals surface area (Å²) in [4.78, 5) is 12.4. The van der Waals surface area contributed by atoms with E-state index in [9.17, 15) is 4.79 Å². The van der Waals surface area contributed by atoms with Crippen molar-refractivity contribution in [3.05, 3.63) is 85.4 Å². The van der Waals surface area contributed by atoms with E-state index < -0.39 is 0 Å². The molecule has 0 atom stereocenters. The molecule has 3 aromatic carbocycles. The van der Waals surface area contributed by atoms with Gasteiger partial charge >= 0.3 is 0 Å². The van der Waals surface area contributed by atoms with Gasteiger partial charge in [-0.25, -0.2) is 5.43 Å². The molecule has 0 radical (unpaired) electrons. The van der Waals surface area contributed by atoms with Gasteiger partial charge < -0.3 is 14.2 Å². The van der Waals surface area contributed by atoms with Crippen LogP contribution in [0.3, 0.4) is 0 Å². The molecule has 3 rings (SSSR count). The Kier molecular flexibility index (Phi) is 10.2. The highest BCUT2D eigenvalue weighted by atomic mass is 127. The largest absolute Gasteiger partial charge is 0.494 e. The van der Waals surface area contributed by atoms with E-state index in [1.165, 1.54) is 3.57 Å². The van der Waals surface area contributed by atoms with Crippen LogP contribution in [-0.4, -0.2) is 25.3 Å². The van der Waals surface area contributed by atoms with E-state index in [0.29, 0.717) is 36.9 Å². The number of hydrogen-bond donors (Lipinski definition) is 1. The van der Waals surface area contributed by atoms with Crippen LogP contribution in [0.2, 0.25) is 0 Å². The van der Waals surface area contributed by atoms with Crippen molar-refractivity contribution < 1.29 is 19.0 Å². The lowest BCUT2D eigenvalue weighted by Gasteiger charge is -2.14. The van der Waals surface area contributed by atoms with Gasteiger partial charge in [-0.05, 0) is 112 Å². The second-order valence-electron chi connectivity index (χ2n) is 7.25. The third-order valence-electron chi connectivity index (χ3n) is 4.60. The molecule has 6 nitrogen and oxygen atoms in total. The molecule has 0 aliphatic heterocycles. The number of rotatable bonds is 11. The molecular weight excluding hydrogens is 611 g/mol. The Balaban J connectivity index is 1.65. The molecule has 8 heteroatoms. The molecular formula is C26H26BrIN2O4. The fourth-order valence-corrected chi connectivity index (χ4v) is 3.89. The van der Waals surface area contributed by atoms with Gasteiger partial charge in [-0.2, -0.15) is 5.10 Å². The van der Waals surface area contributed by atoms with Crippen molar-refractivity contribution in [2.45, 2.75) is 26.9 Å². The summed E-state index contributed by atoms with van der Waals surface area (Å²) in [6, 6.07) is 18.8. The summed E-state index contributed by atoms with van der Waals surface area (Å²) in [7, 11) is 0. The van der Waals surface area contributed by atoms with Gasteiger partial charge in [0.15, 0.2) is 11.5 Å². The summed E-state index contributed by atoms with van der Waals surface area (Å²) in [5.41, 5.74) is 4.86. The molecule has 0 spiro atoms. The first-order valence-electron chi connectivity index (χ1n) is 10.9. The highest BCUT2D eigenvalue weighted by Gasteiger charge is 2.12. The predicted octanol–water partition coefficient (Wildman–Crippen LogP) is 6.58. The molecule has 1 amide bonds. The first-order chi connectivity index (χ1) is 16.5. The van der Waals surface area contributed by atoms with Gasteiger partial charge in [0, 0.05) is 9.13 Å². The molecule has 0 bridgehead atoms. The van der Waals surface area contributed by atoms with E-state index in [0.717, 1.165) is 27.8 Å². The molecule has 0 aliphatic rings. The fraction of sp³-hybridized carbons (Fsp3) is 0.231. The Morgan fingerprint density at radius 1 is 1.03 bits per heavy atom. The van der Waals surface area contributed by atoms with Gasteiger partial charge in [-0.1, -0.05) is 19.1 Å². The van der Waals surface area contributed by atoms with E-state index in [1.807, 2.05) is 50.2 Å². The Morgan fingerprint density at radius 3 is 2.44 bits per heavy atom. The van der Waals surface area contributed by atoms with Crippen LogP contribution in [0, 0.1) is 3.57 Å². The van der Waals surface area contributed by atoms with E-state index in [4.69, 9.17) is 14.2 Å². The lowest BCUT2D eigenvalue weighted by Crippen LogP contribution is -2.17. The number of hydrogen-bond acceptors (Lipinski definition) is 5. The molecule has 0 saturated carbocycles. The molecule has 1 N–H and O–H groups in total. The number of hydrazone groups is 1. The van der Waals surface area contributed by atoms with Crippen molar-refractivity contribution in [2.75, 3.05) is 13.2 Å². The predicted molar refractivity (Wildman–Crippen MR) is 146 cm³/mol. The molecule has 34 heavy (non-hydrogen) atoms. The van der Waals surface area contributed by atoms with E-state index in [-0.39, 0.29) is 5.91 Å². The van der Waals surface area contributed by atoms with Crippen LogP contribution in [-0.2, 0) is 6.61 Å². The van der Waals surface area contributed by atoms with Crippen molar-refractivity contribution >= 4 is 50.6 Å². The topological polar surface area (TPSA) is 69.2 Å². The first kappa shape index (κ1) is 26.0. The fourth-order valence-electron chi connectivity index (χ4n) is 2.95. The molecule has 178 valence electrons. The Hall–Kier alpha value is -2.59. The third kappa shape index (κ3) is 7.73. The Morgan fingerprint density at radius 2 is 1.76 bits per heavy atom. The number of benzene rings is 3. The number of carbonyl (C=O) groups excluding carboxylic acids is 1. The lowest BCUT2D eigenvalue weighted by molar-refractivity contribution is 0.0955. The highest BCUT2D eigenvalue weighted by molar-refractivity contribution is 14.1. The smallest absolute Gasteiger partial charge is 0.271 e. The Bertz CT molecular complexity index is 1120. The third-order valence-corrected chi connectivity index (χ3v) is 5.91. The van der Waals surface area contributed by atoms with Gasteiger partial charge in [-0.15, -0.1) is 0 Å². The van der Waals surface area contributed by atoms with Crippen LogP contribution in [0.1, 0.15) is 41.8 Å². The zero-order valence-corrected chi connectivity index (χ0v) is 22.8.